The molecule has 6 aromatic rings. The second-order valence-corrected chi connectivity index (χ2v) is 13.8. The van der Waals surface area contributed by atoms with E-state index < -0.39 is 16.1 Å². The van der Waals surface area contributed by atoms with Gasteiger partial charge in [-0.05, 0) is 60.2 Å². The number of pyridine rings is 1. The SMILES string of the molecule is CC(C)(C)c1cc(NC(=O)Nc2ccc(OCCc3cccnc3)c3ccccc23)n(-c2ccc(S(=O)(=O)ONc3ccccc3)cc2)n1. The minimum absolute atomic E-state index is 0.0495. The van der Waals surface area contributed by atoms with Crippen LogP contribution in [0.25, 0.3) is 16.5 Å². The second kappa shape index (κ2) is 14.2. The molecule has 11 nitrogen and oxygen atoms in total. The Morgan fingerprint density at radius 1 is 0.837 bits per heavy atom. The molecule has 0 aliphatic rings. The van der Waals surface area contributed by atoms with Crippen molar-refractivity contribution in [3.8, 4) is 11.4 Å². The molecular formula is C37H36N6O5S. The van der Waals surface area contributed by atoms with E-state index in [-0.39, 0.29) is 10.3 Å². The lowest BCUT2D eigenvalue weighted by Crippen LogP contribution is -2.21. The molecular weight excluding hydrogens is 641 g/mol. The molecule has 0 saturated carbocycles. The Kier molecular flexibility index (Phi) is 9.61. The highest BCUT2D eigenvalue weighted by molar-refractivity contribution is 7.86. The van der Waals surface area contributed by atoms with Crippen LogP contribution in [0.5, 0.6) is 5.75 Å². The summed E-state index contributed by atoms with van der Waals surface area (Å²) in [6.07, 6.45) is 4.28. The molecule has 2 amide bonds. The summed E-state index contributed by atoms with van der Waals surface area (Å²) in [5.74, 6) is 1.12. The van der Waals surface area contributed by atoms with Gasteiger partial charge in [0, 0.05) is 41.1 Å². The van der Waals surface area contributed by atoms with Crippen LogP contribution in [0.15, 0.2) is 126 Å². The highest BCUT2D eigenvalue weighted by Crippen LogP contribution is 2.32. The van der Waals surface area contributed by atoms with Crippen LogP contribution < -0.4 is 20.9 Å². The molecule has 2 aromatic heterocycles. The monoisotopic (exact) mass is 676 g/mol. The maximum atomic E-state index is 13.5. The fourth-order valence-electron chi connectivity index (χ4n) is 5.05. The third kappa shape index (κ3) is 8.06. The summed E-state index contributed by atoms with van der Waals surface area (Å²) >= 11 is 0. The number of nitrogens with one attached hydrogen (secondary N) is 3. The van der Waals surface area contributed by atoms with E-state index in [4.69, 9.17) is 14.1 Å². The van der Waals surface area contributed by atoms with Crippen molar-refractivity contribution in [2.75, 3.05) is 22.7 Å². The van der Waals surface area contributed by atoms with Crippen molar-refractivity contribution in [2.24, 2.45) is 0 Å². The van der Waals surface area contributed by atoms with Gasteiger partial charge in [-0.1, -0.05) is 69.3 Å². The van der Waals surface area contributed by atoms with Gasteiger partial charge in [0.15, 0.2) is 0 Å². The molecule has 0 unspecified atom stereocenters. The minimum Gasteiger partial charge on any atom is -0.493 e. The zero-order valence-corrected chi connectivity index (χ0v) is 28.1. The van der Waals surface area contributed by atoms with Gasteiger partial charge in [-0.15, -0.1) is 4.28 Å². The zero-order chi connectivity index (χ0) is 34.4. The topological polar surface area (TPSA) is 136 Å². The first-order valence-electron chi connectivity index (χ1n) is 15.6. The molecule has 12 heteroatoms. The molecule has 49 heavy (non-hydrogen) atoms. The number of hydrogen-bond donors (Lipinski definition) is 3. The quantitative estimate of drug-likeness (QED) is 0.119. The van der Waals surface area contributed by atoms with E-state index in [1.54, 1.807) is 53.3 Å². The Bertz CT molecular complexity index is 2170. The Labute approximate surface area is 285 Å². The number of amides is 2. The van der Waals surface area contributed by atoms with E-state index in [9.17, 15) is 13.2 Å². The maximum Gasteiger partial charge on any atom is 0.324 e. The zero-order valence-electron chi connectivity index (χ0n) is 27.3. The fourth-order valence-corrected chi connectivity index (χ4v) is 5.82. The number of rotatable bonds is 11. The number of ether oxygens (including phenoxy) is 1. The molecule has 4 aromatic carbocycles. The van der Waals surface area contributed by atoms with E-state index >= 15 is 0 Å². The summed E-state index contributed by atoms with van der Waals surface area (Å²) in [6, 6.07) is 31.4. The van der Waals surface area contributed by atoms with Gasteiger partial charge in [0.1, 0.15) is 11.6 Å². The molecule has 2 heterocycles. The number of anilines is 3. The summed E-state index contributed by atoms with van der Waals surface area (Å²) in [5.41, 5.74) is 5.59. The van der Waals surface area contributed by atoms with Crippen LogP contribution in [0.2, 0.25) is 0 Å². The smallest absolute Gasteiger partial charge is 0.324 e. The van der Waals surface area contributed by atoms with Crippen LogP contribution in [0.4, 0.5) is 22.0 Å². The maximum absolute atomic E-state index is 13.5. The standard InChI is InChI=1S/C37H36N6O5S/c1-37(2,3)34-24-35(43(41-34)28-15-17-29(18-16-28)49(45,46)48-42-27-11-5-4-6-12-27)40-36(44)39-32-19-20-33(31-14-8-7-13-30(31)32)47-23-21-26-10-9-22-38-25-26/h4-20,22,24-25,42H,21,23H2,1-3H3,(H2,39,40,44). The Balaban J connectivity index is 1.19. The number of hydrogen-bond acceptors (Lipinski definition) is 8. The minimum atomic E-state index is -4.11. The lowest BCUT2D eigenvalue weighted by Gasteiger charge is -2.14. The van der Waals surface area contributed by atoms with Gasteiger partial charge >= 0.3 is 16.1 Å². The van der Waals surface area contributed by atoms with E-state index in [0.717, 1.165) is 22.0 Å². The van der Waals surface area contributed by atoms with Crippen LogP contribution in [-0.2, 0) is 26.2 Å². The lowest BCUT2D eigenvalue weighted by molar-refractivity contribution is 0.262. The first kappa shape index (κ1) is 33.2. The fraction of sp³-hybridized carbons (Fsp3) is 0.162. The number of benzene rings is 4. The summed E-state index contributed by atoms with van der Waals surface area (Å²) in [4.78, 5) is 17.6. The number of aromatic nitrogens is 3. The number of fused-ring (bicyclic) bond motifs is 1. The van der Waals surface area contributed by atoms with Crippen molar-refractivity contribution in [2.45, 2.75) is 37.5 Å². The number of urea groups is 1. The molecule has 250 valence electrons. The highest BCUT2D eigenvalue weighted by Gasteiger charge is 2.23. The molecule has 3 N–H and O–H groups in total. The third-order valence-electron chi connectivity index (χ3n) is 7.64. The average molecular weight is 677 g/mol. The van der Waals surface area contributed by atoms with E-state index in [2.05, 4.69) is 21.1 Å². The van der Waals surface area contributed by atoms with Gasteiger partial charge in [0.25, 0.3) is 0 Å². The molecule has 6 rings (SSSR count). The average Bonchev–Trinajstić information content (AvgIpc) is 3.54. The van der Waals surface area contributed by atoms with E-state index in [1.165, 1.54) is 12.1 Å². The van der Waals surface area contributed by atoms with Crippen LogP contribution in [0.3, 0.4) is 0 Å². The van der Waals surface area contributed by atoms with Crippen LogP contribution >= 0.6 is 0 Å². The van der Waals surface area contributed by atoms with Gasteiger partial charge in [-0.3, -0.25) is 10.3 Å². The lowest BCUT2D eigenvalue weighted by atomic mass is 9.92. The third-order valence-corrected chi connectivity index (χ3v) is 8.79. The van der Waals surface area contributed by atoms with Gasteiger partial charge in [0.05, 0.1) is 34.3 Å². The molecule has 0 fully saturated rings. The molecule has 0 aliphatic heterocycles. The first-order valence-corrected chi connectivity index (χ1v) is 17.0. The van der Waals surface area contributed by atoms with E-state index in [0.29, 0.717) is 41.7 Å². The van der Waals surface area contributed by atoms with E-state index in [1.807, 2.05) is 81.6 Å². The van der Waals surface area contributed by atoms with Gasteiger partial charge in [0.2, 0.25) is 0 Å². The molecule has 0 atom stereocenters. The Hall–Kier alpha value is -5.72. The number of carbonyl (C=O) groups excluding carboxylic acids is 1. The largest absolute Gasteiger partial charge is 0.493 e. The van der Waals surface area contributed by atoms with Crippen molar-refractivity contribution >= 4 is 44.1 Å². The Morgan fingerprint density at radius 3 is 2.29 bits per heavy atom. The second-order valence-electron chi connectivity index (χ2n) is 12.3. The number of para-hydroxylation sites is 1. The summed E-state index contributed by atoms with van der Waals surface area (Å²) in [7, 11) is -4.11. The van der Waals surface area contributed by atoms with Crippen molar-refractivity contribution in [1.82, 2.24) is 14.8 Å². The predicted octanol–water partition coefficient (Wildman–Crippen LogP) is 7.72. The molecule has 0 spiro atoms. The Morgan fingerprint density at radius 2 is 1.57 bits per heavy atom. The molecule has 0 aliphatic carbocycles. The number of carbonyl (C=O) groups is 1. The van der Waals surface area contributed by atoms with Crippen molar-refractivity contribution in [3.63, 3.8) is 0 Å². The summed E-state index contributed by atoms with van der Waals surface area (Å²) in [6.45, 7) is 6.53. The first-order chi connectivity index (χ1) is 23.6. The number of nitrogens with zero attached hydrogens (tertiary/aromatic N) is 3. The van der Waals surface area contributed by atoms with Gasteiger partial charge < -0.3 is 10.1 Å². The molecule has 0 saturated heterocycles. The summed E-state index contributed by atoms with van der Waals surface area (Å²) < 4.78 is 38.4. The molecule has 0 radical (unpaired) electrons. The molecule has 0 bridgehead atoms. The highest BCUT2D eigenvalue weighted by atomic mass is 32.2. The summed E-state index contributed by atoms with van der Waals surface area (Å²) in [5, 5.41) is 12.3. The normalized spacial score (nSPS) is 11.7. The van der Waals surface area contributed by atoms with Crippen LogP contribution in [-0.4, -0.2) is 35.8 Å². The van der Waals surface area contributed by atoms with Crippen LogP contribution in [0.1, 0.15) is 32.0 Å². The van der Waals surface area contributed by atoms with Crippen molar-refractivity contribution in [1.29, 1.82) is 0 Å². The predicted molar refractivity (Wildman–Crippen MR) is 191 cm³/mol. The van der Waals surface area contributed by atoms with Crippen molar-refractivity contribution in [3.05, 3.63) is 133 Å². The van der Waals surface area contributed by atoms with Gasteiger partial charge in [-0.25, -0.2) is 15.0 Å². The van der Waals surface area contributed by atoms with Crippen molar-refractivity contribution < 1.29 is 22.2 Å². The van der Waals surface area contributed by atoms with Gasteiger partial charge in [-0.2, -0.15) is 13.5 Å². The van der Waals surface area contributed by atoms with Crippen LogP contribution in [0, 0.1) is 0 Å².